The zero-order chi connectivity index (χ0) is 15.2. The summed E-state index contributed by atoms with van der Waals surface area (Å²) in [6, 6.07) is 16.0. The Morgan fingerprint density at radius 2 is 1.95 bits per heavy atom. The van der Waals surface area contributed by atoms with Gasteiger partial charge in [0.15, 0.2) is 0 Å². The molecule has 0 fully saturated rings. The maximum atomic E-state index is 10.4. The highest BCUT2D eigenvalue weighted by Gasteiger charge is 2.16. The first-order valence-corrected chi connectivity index (χ1v) is 8.06. The summed E-state index contributed by atoms with van der Waals surface area (Å²) in [5.41, 5.74) is 2.08. The van der Waals surface area contributed by atoms with Gasteiger partial charge in [-0.1, -0.05) is 41.6 Å². The van der Waals surface area contributed by atoms with Gasteiger partial charge >= 0.3 is 0 Å². The van der Waals surface area contributed by atoms with Crippen LogP contribution in [0.1, 0.15) is 22.2 Å². The number of aliphatic hydroxyl groups is 1. The molecule has 0 unspecified atom stereocenters. The van der Waals surface area contributed by atoms with E-state index in [-0.39, 0.29) is 0 Å². The lowest BCUT2D eigenvalue weighted by atomic mass is 10.2. The second-order valence-corrected chi connectivity index (χ2v) is 6.16. The van der Waals surface area contributed by atoms with Crippen LogP contribution < -0.4 is 0 Å². The molecule has 0 saturated carbocycles. The highest BCUT2D eigenvalue weighted by Crippen LogP contribution is 2.21. The van der Waals surface area contributed by atoms with E-state index in [9.17, 15) is 5.11 Å². The topological polar surface area (TPSA) is 49.5 Å². The van der Waals surface area contributed by atoms with Gasteiger partial charge in [0, 0.05) is 30.6 Å². The minimum atomic E-state index is -0.490. The monoisotopic (exact) mass is 314 g/mol. The lowest BCUT2D eigenvalue weighted by Crippen LogP contribution is -2.28. The van der Waals surface area contributed by atoms with Gasteiger partial charge < -0.3 is 9.63 Å². The summed E-state index contributed by atoms with van der Waals surface area (Å²) in [7, 11) is 0. The van der Waals surface area contributed by atoms with Crippen molar-refractivity contribution in [3.8, 4) is 0 Å². The van der Waals surface area contributed by atoms with Crippen LogP contribution in [-0.2, 0) is 13.1 Å². The van der Waals surface area contributed by atoms with Crippen LogP contribution in [0.25, 0.3) is 0 Å². The van der Waals surface area contributed by atoms with Crippen molar-refractivity contribution in [1.82, 2.24) is 10.1 Å². The Hall–Kier alpha value is -1.95. The average Bonchev–Trinajstić information content (AvgIpc) is 3.21. The van der Waals surface area contributed by atoms with E-state index >= 15 is 0 Å². The Kier molecular flexibility index (Phi) is 5.00. The summed E-state index contributed by atoms with van der Waals surface area (Å²) in [6.07, 6.45) is 1.08. The minimum Gasteiger partial charge on any atom is -0.386 e. The number of aromatic nitrogens is 1. The van der Waals surface area contributed by atoms with Gasteiger partial charge in [0.25, 0.3) is 0 Å². The van der Waals surface area contributed by atoms with E-state index < -0.39 is 6.10 Å². The quantitative estimate of drug-likeness (QED) is 0.725. The summed E-state index contributed by atoms with van der Waals surface area (Å²) in [4.78, 5) is 3.16. The molecule has 2 aromatic heterocycles. The third kappa shape index (κ3) is 4.04. The highest BCUT2D eigenvalue weighted by atomic mass is 32.1. The Labute approximate surface area is 133 Å². The van der Waals surface area contributed by atoms with Gasteiger partial charge in [0.05, 0.1) is 5.69 Å². The molecule has 1 atom stereocenters. The van der Waals surface area contributed by atoms with Crippen molar-refractivity contribution in [3.05, 3.63) is 76.3 Å². The minimum absolute atomic E-state index is 0.490. The Morgan fingerprint density at radius 3 is 2.64 bits per heavy atom. The summed E-state index contributed by atoms with van der Waals surface area (Å²) >= 11 is 1.58. The first kappa shape index (κ1) is 15.0. The van der Waals surface area contributed by atoms with Crippen LogP contribution >= 0.6 is 11.3 Å². The van der Waals surface area contributed by atoms with E-state index in [1.807, 2.05) is 41.8 Å². The fourth-order valence-corrected chi connectivity index (χ4v) is 3.09. The summed E-state index contributed by atoms with van der Waals surface area (Å²) < 4.78 is 4.91. The van der Waals surface area contributed by atoms with E-state index in [4.69, 9.17) is 4.52 Å². The Bertz CT molecular complexity index is 653. The number of hydrogen-bond donors (Lipinski definition) is 1. The molecule has 0 aliphatic heterocycles. The maximum Gasteiger partial charge on any atom is 0.124 e. The molecule has 3 aromatic rings. The largest absolute Gasteiger partial charge is 0.386 e. The number of aliphatic hydroxyl groups excluding tert-OH is 1. The van der Waals surface area contributed by atoms with Gasteiger partial charge in [0.2, 0.25) is 0 Å². The van der Waals surface area contributed by atoms with Crippen molar-refractivity contribution in [2.75, 3.05) is 6.54 Å². The van der Waals surface area contributed by atoms with Crippen LogP contribution in [0.2, 0.25) is 0 Å². The molecule has 0 saturated heterocycles. The Balaban J connectivity index is 1.70. The highest BCUT2D eigenvalue weighted by molar-refractivity contribution is 7.10. The van der Waals surface area contributed by atoms with Gasteiger partial charge in [0.1, 0.15) is 12.4 Å². The van der Waals surface area contributed by atoms with E-state index in [2.05, 4.69) is 22.2 Å². The zero-order valence-electron chi connectivity index (χ0n) is 12.1. The standard InChI is InChI=1S/C17H18N2O2S/c20-16(17-7-4-10-22-17)13-19(12-15-8-9-21-18-15)11-14-5-2-1-3-6-14/h1-10,16,20H,11-13H2/t16-/m0/s1. The molecule has 22 heavy (non-hydrogen) atoms. The van der Waals surface area contributed by atoms with E-state index in [0.717, 1.165) is 17.1 Å². The molecule has 114 valence electrons. The SMILES string of the molecule is O[C@@H](CN(Cc1ccccc1)Cc1ccon1)c1cccs1. The molecule has 3 rings (SSSR count). The number of hydrogen-bond acceptors (Lipinski definition) is 5. The number of rotatable bonds is 7. The summed E-state index contributed by atoms with van der Waals surface area (Å²) in [5.74, 6) is 0. The van der Waals surface area contributed by atoms with Crippen molar-refractivity contribution < 1.29 is 9.63 Å². The van der Waals surface area contributed by atoms with Gasteiger partial charge in [-0.2, -0.15) is 0 Å². The summed E-state index contributed by atoms with van der Waals surface area (Å²) in [6.45, 7) is 1.96. The van der Waals surface area contributed by atoms with Crippen LogP contribution in [0.3, 0.4) is 0 Å². The molecule has 0 aliphatic rings. The third-order valence-corrected chi connectivity index (χ3v) is 4.40. The zero-order valence-corrected chi connectivity index (χ0v) is 12.9. The number of thiophene rings is 1. The molecule has 2 heterocycles. The van der Waals surface area contributed by atoms with Crippen molar-refractivity contribution in [1.29, 1.82) is 0 Å². The molecular formula is C17H18N2O2S. The van der Waals surface area contributed by atoms with E-state index in [0.29, 0.717) is 13.1 Å². The number of benzene rings is 1. The van der Waals surface area contributed by atoms with Crippen LogP contribution in [0, 0.1) is 0 Å². The molecular weight excluding hydrogens is 296 g/mol. The fraction of sp³-hybridized carbons (Fsp3) is 0.235. The van der Waals surface area contributed by atoms with Crippen molar-refractivity contribution in [3.63, 3.8) is 0 Å². The molecule has 4 nitrogen and oxygen atoms in total. The van der Waals surface area contributed by atoms with Gasteiger partial charge in [-0.15, -0.1) is 11.3 Å². The average molecular weight is 314 g/mol. The first-order chi connectivity index (χ1) is 10.8. The lowest BCUT2D eigenvalue weighted by molar-refractivity contribution is 0.106. The van der Waals surface area contributed by atoms with Crippen molar-refractivity contribution >= 4 is 11.3 Å². The molecule has 5 heteroatoms. The molecule has 1 N–H and O–H groups in total. The molecule has 0 aliphatic carbocycles. The van der Waals surface area contributed by atoms with Crippen LogP contribution in [0.15, 0.2) is 64.7 Å². The van der Waals surface area contributed by atoms with Gasteiger partial charge in [-0.25, -0.2) is 0 Å². The predicted molar refractivity (Wildman–Crippen MR) is 86.3 cm³/mol. The second kappa shape index (κ2) is 7.35. The van der Waals surface area contributed by atoms with Crippen LogP contribution in [0.5, 0.6) is 0 Å². The molecule has 0 bridgehead atoms. The van der Waals surface area contributed by atoms with Gasteiger partial charge in [-0.05, 0) is 17.0 Å². The normalized spacial score (nSPS) is 12.6. The molecule has 0 amide bonds. The molecule has 0 radical (unpaired) electrons. The predicted octanol–water partition coefficient (Wildman–Crippen LogP) is 3.47. The van der Waals surface area contributed by atoms with Crippen molar-refractivity contribution in [2.45, 2.75) is 19.2 Å². The van der Waals surface area contributed by atoms with Crippen LogP contribution in [-0.4, -0.2) is 21.7 Å². The lowest BCUT2D eigenvalue weighted by Gasteiger charge is -2.24. The second-order valence-electron chi connectivity index (χ2n) is 5.18. The van der Waals surface area contributed by atoms with Crippen LogP contribution in [0.4, 0.5) is 0 Å². The first-order valence-electron chi connectivity index (χ1n) is 7.18. The third-order valence-electron chi connectivity index (χ3n) is 3.43. The summed E-state index contributed by atoms with van der Waals surface area (Å²) in [5, 5.41) is 16.4. The van der Waals surface area contributed by atoms with Gasteiger partial charge in [-0.3, -0.25) is 4.90 Å². The number of nitrogens with zero attached hydrogens (tertiary/aromatic N) is 2. The van der Waals surface area contributed by atoms with E-state index in [1.54, 1.807) is 17.6 Å². The maximum absolute atomic E-state index is 10.4. The molecule has 1 aromatic carbocycles. The van der Waals surface area contributed by atoms with E-state index in [1.165, 1.54) is 5.56 Å². The smallest absolute Gasteiger partial charge is 0.124 e. The molecule has 0 spiro atoms. The Morgan fingerprint density at radius 1 is 1.09 bits per heavy atom. The fourth-order valence-electron chi connectivity index (χ4n) is 2.39. The van der Waals surface area contributed by atoms with Crippen molar-refractivity contribution in [2.24, 2.45) is 0 Å².